The summed E-state index contributed by atoms with van der Waals surface area (Å²) in [5, 5.41) is 14.7. The van der Waals surface area contributed by atoms with Crippen LogP contribution >= 0.6 is 22.7 Å². The number of hydrogen-bond donors (Lipinski definition) is 1. The molecule has 0 aliphatic heterocycles. The second kappa shape index (κ2) is 7.74. The van der Waals surface area contributed by atoms with Crippen LogP contribution in [0.25, 0.3) is 10.2 Å². The van der Waals surface area contributed by atoms with Gasteiger partial charge in [-0.3, -0.25) is 0 Å². The maximum absolute atomic E-state index is 4.60. The molecule has 0 amide bonds. The van der Waals surface area contributed by atoms with Crippen molar-refractivity contribution in [3.63, 3.8) is 0 Å². The Morgan fingerprint density at radius 3 is 2.41 bits per heavy atom. The van der Waals surface area contributed by atoms with Gasteiger partial charge in [0, 0.05) is 5.92 Å². The predicted molar refractivity (Wildman–Crippen MR) is 115 cm³/mol. The Morgan fingerprint density at radius 2 is 1.67 bits per heavy atom. The zero-order chi connectivity index (χ0) is 18.8. The van der Waals surface area contributed by atoms with Crippen molar-refractivity contribution in [2.45, 2.75) is 33.1 Å². The van der Waals surface area contributed by atoms with E-state index in [0.29, 0.717) is 5.92 Å². The molecule has 0 saturated heterocycles. The largest absolute Gasteiger partial charge is 0.306 e. The summed E-state index contributed by atoms with van der Waals surface area (Å²) in [5.41, 5.74) is 3.66. The number of para-hydroxylation sites is 1. The zero-order valence-electron chi connectivity index (χ0n) is 15.6. The Morgan fingerprint density at radius 1 is 0.889 bits per heavy atom. The number of fused-ring (bicyclic) bond motifs is 1. The molecule has 27 heavy (non-hydrogen) atoms. The van der Waals surface area contributed by atoms with E-state index in [1.165, 1.54) is 15.8 Å². The van der Waals surface area contributed by atoms with E-state index < -0.39 is 0 Å². The van der Waals surface area contributed by atoms with Crippen molar-refractivity contribution >= 4 is 43.2 Å². The number of hydrogen-bond acceptors (Lipinski definition) is 6. The van der Waals surface area contributed by atoms with E-state index in [2.05, 4.69) is 71.6 Å². The van der Waals surface area contributed by atoms with E-state index in [0.717, 1.165) is 27.2 Å². The Kier molecular flexibility index (Phi) is 5.18. The molecule has 0 aliphatic rings. The van der Waals surface area contributed by atoms with Gasteiger partial charge in [0.25, 0.3) is 0 Å². The Labute approximate surface area is 167 Å². The fourth-order valence-corrected chi connectivity index (χ4v) is 4.79. The summed E-state index contributed by atoms with van der Waals surface area (Å²) in [5.74, 6) is 0.897. The fourth-order valence-electron chi connectivity index (χ4n) is 3.03. The third-order valence-corrected chi connectivity index (χ3v) is 6.42. The lowest BCUT2D eigenvalue weighted by atomic mass is 9.97. The standard InChI is InChI=1S/C21H22N4S2/c1-13(2)12-15-8-10-16(11-9-15)14(3)19-24-25-21(27-19)23-20-22-17-6-4-5-7-18(17)26-20/h4-11,13-14H,12H2,1-3H3,(H,22,23,25). The van der Waals surface area contributed by atoms with Gasteiger partial charge in [0.1, 0.15) is 5.01 Å². The third kappa shape index (κ3) is 4.17. The summed E-state index contributed by atoms with van der Waals surface area (Å²) in [4.78, 5) is 4.60. The maximum atomic E-state index is 4.60. The molecule has 2 heterocycles. The van der Waals surface area contributed by atoms with Crippen LogP contribution in [-0.2, 0) is 6.42 Å². The Bertz CT molecular complexity index is 1000. The molecular weight excluding hydrogens is 372 g/mol. The summed E-state index contributed by atoms with van der Waals surface area (Å²) in [7, 11) is 0. The van der Waals surface area contributed by atoms with Gasteiger partial charge in [0.2, 0.25) is 5.13 Å². The van der Waals surface area contributed by atoms with Gasteiger partial charge in [-0.25, -0.2) is 4.98 Å². The molecule has 138 valence electrons. The van der Waals surface area contributed by atoms with Crippen molar-refractivity contribution in [1.29, 1.82) is 0 Å². The SMILES string of the molecule is CC(C)Cc1ccc(C(C)c2nnc(Nc3nc4ccccc4s3)s2)cc1. The first-order valence-electron chi connectivity index (χ1n) is 9.13. The molecule has 4 nitrogen and oxygen atoms in total. The molecule has 2 aromatic heterocycles. The summed E-state index contributed by atoms with van der Waals surface area (Å²) in [6, 6.07) is 17.0. The van der Waals surface area contributed by atoms with Crippen LogP contribution in [0.15, 0.2) is 48.5 Å². The highest BCUT2D eigenvalue weighted by atomic mass is 32.1. The molecule has 4 aromatic rings. The second-order valence-corrected chi connectivity index (χ2v) is 9.16. The van der Waals surface area contributed by atoms with E-state index >= 15 is 0 Å². The smallest absolute Gasteiger partial charge is 0.211 e. The van der Waals surface area contributed by atoms with Gasteiger partial charge in [-0.05, 0) is 35.6 Å². The number of nitrogens with one attached hydrogen (secondary N) is 1. The quantitative estimate of drug-likeness (QED) is 0.420. The normalized spacial score (nSPS) is 12.6. The van der Waals surface area contributed by atoms with Gasteiger partial charge in [-0.15, -0.1) is 10.2 Å². The lowest BCUT2D eigenvalue weighted by Crippen LogP contribution is -1.98. The number of nitrogens with zero attached hydrogens (tertiary/aromatic N) is 3. The molecular formula is C21H22N4S2. The van der Waals surface area contributed by atoms with Crippen molar-refractivity contribution in [2.75, 3.05) is 5.32 Å². The van der Waals surface area contributed by atoms with Crippen LogP contribution in [0.3, 0.4) is 0 Å². The predicted octanol–water partition coefficient (Wildman–Crippen LogP) is 6.24. The minimum absolute atomic E-state index is 0.224. The first kappa shape index (κ1) is 18.1. The molecule has 0 spiro atoms. The summed E-state index contributed by atoms with van der Waals surface area (Å²) in [6.45, 7) is 6.68. The van der Waals surface area contributed by atoms with Gasteiger partial charge >= 0.3 is 0 Å². The monoisotopic (exact) mass is 394 g/mol. The van der Waals surface area contributed by atoms with Crippen LogP contribution in [0.4, 0.5) is 10.3 Å². The van der Waals surface area contributed by atoms with Crippen LogP contribution in [-0.4, -0.2) is 15.2 Å². The van der Waals surface area contributed by atoms with Crippen molar-refractivity contribution in [2.24, 2.45) is 5.92 Å². The Balaban J connectivity index is 1.48. The average molecular weight is 395 g/mol. The van der Waals surface area contributed by atoms with E-state index in [-0.39, 0.29) is 5.92 Å². The van der Waals surface area contributed by atoms with Crippen molar-refractivity contribution in [1.82, 2.24) is 15.2 Å². The molecule has 6 heteroatoms. The molecule has 1 unspecified atom stereocenters. The molecule has 0 radical (unpaired) electrons. The van der Waals surface area contributed by atoms with Crippen LogP contribution in [0.5, 0.6) is 0 Å². The van der Waals surface area contributed by atoms with Crippen LogP contribution in [0.1, 0.15) is 42.8 Å². The molecule has 1 N–H and O–H groups in total. The molecule has 4 rings (SSSR count). The zero-order valence-corrected chi connectivity index (χ0v) is 17.3. The summed E-state index contributed by atoms with van der Waals surface area (Å²) in [6.07, 6.45) is 1.11. The van der Waals surface area contributed by atoms with E-state index in [1.54, 1.807) is 22.7 Å². The summed E-state index contributed by atoms with van der Waals surface area (Å²) >= 11 is 3.22. The van der Waals surface area contributed by atoms with Gasteiger partial charge in [0.15, 0.2) is 5.13 Å². The van der Waals surface area contributed by atoms with Crippen molar-refractivity contribution in [3.05, 3.63) is 64.7 Å². The first-order valence-corrected chi connectivity index (χ1v) is 10.8. The minimum atomic E-state index is 0.224. The van der Waals surface area contributed by atoms with Gasteiger partial charge in [0.05, 0.1) is 10.2 Å². The highest BCUT2D eigenvalue weighted by molar-refractivity contribution is 7.22. The lowest BCUT2D eigenvalue weighted by Gasteiger charge is -2.10. The number of benzene rings is 2. The van der Waals surface area contributed by atoms with E-state index in [4.69, 9.17) is 0 Å². The number of rotatable bonds is 6. The van der Waals surface area contributed by atoms with Gasteiger partial charge in [-0.1, -0.05) is 79.8 Å². The fraction of sp³-hybridized carbons (Fsp3) is 0.286. The number of aromatic nitrogens is 3. The van der Waals surface area contributed by atoms with Crippen LogP contribution in [0, 0.1) is 5.92 Å². The molecule has 0 aliphatic carbocycles. The van der Waals surface area contributed by atoms with Crippen molar-refractivity contribution < 1.29 is 0 Å². The molecule has 0 bridgehead atoms. The number of anilines is 2. The van der Waals surface area contributed by atoms with Crippen LogP contribution < -0.4 is 5.32 Å². The van der Waals surface area contributed by atoms with Gasteiger partial charge < -0.3 is 5.32 Å². The minimum Gasteiger partial charge on any atom is -0.306 e. The second-order valence-electron chi connectivity index (χ2n) is 7.12. The number of thiazole rings is 1. The topological polar surface area (TPSA) is 50.7 Å². The third-order valence-electron chi connectivity index (χ3n) is 4.44. The maximum Gasteiger partial charge on any atom is 0.211 e. The summed E-state index contributed by atoms with van der Waals surface area (Å²) < 4.78 is 1.17. The van der Waals surface area contributed by atoms with Crippen molar-refractivity contribution in [3.8, 4) is 0 Å². The molecule has 0 saturated carbocycles. The molecule has 1 atom stereocenters. The van der Waals surface area contributed by atoms with Crippen LogP contribution in [0.2, 0.25) is 0 Å². The highest BCUT2D eigenvalue weighted by Gasteiger charge is 2.15. The lowest BCUT2D eigenvalue weighted by molar-refractivity contribution is 0.647. The first-order chi connectivity index (χ1) is 13.1. The van der Waals surface area contributed by atoms with E-state index in [1.807, 2.05) is 18.2 Å². The van der Waals surface area contributed by atoms with Gasteiger partial charge in [-0.2, -0.15) is 0 Å². The average Bonchev–Trinajstić information content (AvgIpc) is 3.28. The highest BCUT2D eigenvalue weighted by Crippen LogP contribution is 2.32. The molecule has 0 fully saturated rings. The Hall–Kier alpha value is -2.31. The molecule has 2 aromatic carbocycles. The van der Waals surface area contributed by atoms with E-state index in [9.17, 15) is 0 Å².